The Bertz CT molecular complexity index is 1120. The molecule has 3 aromatic rings. The number of carbonyl (C=O) groups excluding carboxylic acids is 1. The Morgan fingerprint density at radius 3 is 2.39 bits per heavy atom. The molecule has 0 saturated carbocycles. The Hall–Kier alpha value is -3.00. The first-order valence-electron chi connectivity index (χ1n) is 10.0. The monoisotopic (exact) mass is 431 g/mol. The summed E-state index contributed by atoms with van der Waals surface area (Å²) in [5.74, 6) is -0.493. The number of nitrogens with zero attached hydrogens (tertiary/aromatic N) is 3. The summed E-state index contributed by atoms with van der Waals surface area (Å²) in [6, 6.07) is 9.64. The summed E-state index contributed by atoms with van der Waals surface area (Å²) in [6.07, 6.45) is -4.04. The van der Waals surface area contributed by atoms with Gasteiger partial charge in [0.2, 0.25) is 0 Å². The van der Waals surface area contributed by atoms with Crippen molar-refractivity contribution in [3.8, 4) is 11.1 Å². The van der Waals surface area contributed by atoms with Crippen LogP contribution in [0.2, 0.25) is 0 Å². The Morgan fingerprint density at radius 1 is 1.03 bits per heavy atom. The lowest BCUT2D eigenvalue weighted by atomic mass is 9.98. The van der Waals surface area contributed by atoms with Crippen molar-refractivity contribution >= 4 is 22.9 Å². The van der Waals surface area contributed by atoms with E-state index in [2.05, 4.69) is 16.8 Å². The second kappa shape index (κ2) is 8.26. The number of piperazine rings is 1. The van der Waals surface area contributed by atoms with Crippen molar-refractivity contribution in [3.05, 3.63) is 59.5 Å². The minimum Gasteiger partial charge on any atom is -0.367 e. The van der Waals surface area contributed by atoms with Crippen LogP contribution in [0.15, 0.2) is 42.5 Å². The highest BCUT2D eigenvalue weighted by atomic mass is 19.4. The molecule has 0 radical (unpaired) electrons. The Labute approximate surface area is 177 Å². The number of benzene rings is 2. The summed E-state index contributed by atoms with van der Waals surface area (Å²) in [4.78, 5) is 19.1. The molecule has 4 rings (SSSR count). The molecule has 162 valence electrons. The molecule has 0 N–H and O–H groups in total. The molecule has 31 heavy (non-hydrogen) atoms. The highest BCUT2D eigenvalue weighted by molar-refractivity contribution is 5.97. The van der Waals surface area contributed by atoms with Crippen LogP contribution in [-0.4, -0.2) is 48.9 Å². The zero-order chi connectivity index (χ0) is 22.2. The van der Waals surface area contributed by atoms with Gasteiger partial charge in [-0.25, -0.2) is 9.37 Å². The van der Waals surface area contributed by atoms with Crippen molar-refractivity contribution in [2.75, 3.05) is 37.6 Å². The zero-order valence-corrected chi connectivity index (χ0v) is 16.9. The van der Waals surface area contributed by atoms with Crippen LogP contribution in [0.3, 0.4) is 0 Å². The van der Waals surface area contributed by atoms with E-state index in [0.717, 1.165) is 25.7 Å². The van der Waals surface area contributed by atoms with E-state index >= 15 is 4.39 Å². The van der Waals surface area contributed by atoms with E-state index in [-0.39, 0.29) is 11.1 Å². The molecule has 0 atom stereocenters. The van der Waals surface area contributed by atoms with Gasteiger partial charge in [0.25, 0.3) is 0 Å². The average Bonchev–Trinajstić information content (AvgIpc) is 2.77. The molecule has 0 bridgehead atoms. The molecular weight excluding hydrogens is 410 g/mol. The normalized spacial score (nSPS) is 15.5. The number of hydrogen-bond acceptors (Lipinski definition) is 4. The highest BCUT2D eigenvalue weighted by Crippen LogP contribution is 2.37. The van der Waals surface area contributed by atoms with E-state index in [1.54, 1.807) is 12.1 Å². The fourth-order valence-electron chi connectivity index (χ4n) is 3.94. The molecule has 0 amide bonds. The first-order valence-corrected chi connectivity index (χ1v) is 10.0. The van der Waals surface area contributed by atoms with Crippen LogP contribution < -0.4 is 4.90 Å². The summed E-state index contributed by atoms with van der Waals surface area (Å²) in [5.41, 5.74) is 0.255. The minimum absolute atomic E-state index is 0.0931. The van der Waals surface area contributed by atoms with Gasteiger partial charge in [0.15, 0.2) is 0 Å². The maximum absolute atomic E-state index is 15.0. The fraction of sp³-hybridized carbons (Fsp3) is 0.304. The number of hydrogen-bond donors (Lipinski definition) is 0. The molecule has 1 fully saturated rings. The van der Waals surface area contributed by atoms with Gasteiger partial charge < -0.3 is 9.80 Å². The molecule has 1 aliphatic rings. The first kappa shape index (κ1) is 21.2. The number of rotatable bonds is 4. The lowest BCUT2D eigenvalue weighted by molar-refractivity contribution is -0.140. The molecule has 8 heteroatoms. The third-order valence-corrected chi connectivity index (χ3v) is 5.68. The van der Waals surface area contributed by atoms with Crippen LogP contribution in [0.4, 0.5) is 23.2 Å². The molecule has 0 spiro atoms. The van der Waals surface area contributed by atoms with Crippen molar-refractivity contribution in [2.24, 2.45) is 0 Å². The van der Waals surface area contributed by atoms with Crippen molar-refractivity contribution in [1.29, 1.82) is 0 Å². The SMILES string of the molecule is CCN1CCN(c2ccc(-c3cc(C(F)(F)F)nc4ccc(C=O)cc34)cc2F)CC1. The molecule has 1 saturated heterocycles. The second-order valence-corrected chi connectivity index (χ2v) is 7.53. The largest absolute Gasteiger partial charge is 0.433 e. The predicted octanol–water partition coefficient (Wildman–Crippen LogP) is 5.01. The topological polar surface area (TPSA) is 36.4 Å². The molecule has 2 aromatic carbocycles. The first-order chi connectivity index (χ1) is 14.8. The average molecular weight is 431 g/mol. The number of aldehydes is 1. The van der Waals surface area contributed by atoms with Gasteiger partial charge in [0.05, 0.1) is 11.2 Å². The minimum atomic E-state index is -4.65. The van der Waals surface area contributed by atoms with Gasteiger partial charge >= 0.3 is 6.18 Å². The Morgan fingerprint density at radius 2 is 1.77 bits per heavy atom. The van der Waals surface area contributed by atoms with E-state index < -0.39 is 17.7 Å². The van der Waals surface area contributed by atoms with E-state index in [1.165, 1.54) is 24.3 Å². The Kier molecular flexibility index (Phi) is 5.66. The number of halogens is 4. The van der Waals surface area contributed by atoms with Gasteiger partial charge in [-0.15, -0.1) is 0 Å². The van der Waals surface area contributed by atoms with E-state index in [9.17, 15) is 18.0 Å². The van der Waals surface area contributed by atoms with Gasteiger partial charge in [0, 0.05) is 37.1 Å². The van der Waals surface area contributed by atoms with Crippen molar-refractivity contribution in [2.45, 2.75) is 13.1 Å². The third-order valence-electron chi connectivity index (χ3n) is 5.68. The number of likely N-dealkylation sites (N-methyl/N-ethyl adjacent to an activating group) is 1. The number of aromatic nitrogens is 1. The third kappa shape index (κ3) is 4.25. The quantitative estimate of drug-likeness (QED) is 0.430. The highest BCUT2D eigenvalue weighted by Gasteiger charge is 2.33. The fourth-order valence-corrected chi connectivity index (χ4v) is 3.94. The molecule has 4 nitrogen and oxygen atoms in total. The number of pyridine rings is 1. The summed E-state index contributed by atoms with van der Waals surface area (Å²) >= 11 is 0. The van der Waals surface area contributed by atoms with Crippen LogP contribution in [0.1, 0.15) is 23.0 Å². The second-order valence-electron chi connectivity index (χ2n) is 7.53. The lowest BCUT2D eigenvalue weighted by Crippen LogP contribution is -2.46. The maximum atomic E-state index is 15.0. The van der Waals surface area contributed by atoms with E-state index in [1.807, 2.05) is 4.90 Å². The molecule has 2 heterocycles. The van der Waals surface area contributed by atoms with E-state index in [0.29, 0.717) is 41.6 Å². The van der Waals surface area contributed by atoms with Crippen LogP contribution in [0, 0.1) is 5.82 Å². The summed E-state index contributed by atoms with van der Waals surface area (Å²) < 4.78 is 55.2. The maximum Gasteiger partial charge on any atom is 0.433 e. The van der Waals surface area contributed by atoms with E-state index in [4.69, 9.17) is 0 Å². The number of anilines is 1. The lowest BCUT2D eigenvalue weighted by Gasteiger charge is -2.35. The predicted molar refractivity (Wildman–Crippen MR) is 112 cm³/mol. The number of fused-ring (bicyclic) bond motifs is 1. The van der Waals surface area contributed by atoms with Crippen molar-refractivity contribution in [1.82, 2.24) is 9.88 Å². The van der Waals surface area contributed by atoms with Crippen molar-refractivity contribution in [3.63, 3.8) is 0 Å². The van der Waals surface area contributed by atoms with Gasteiger partial charge in [-0.2, -0.15) is 13.2 Å². The van der Waals surface area contributed by atoms with Crippen LogP contribution in [0.25, 0.3) is 22.0 Å². The number of carbonyl (C=O) groups is 1. The van der Waals surface area contributed by atoms with Gasteiger partial charge in [-0.1, -0.05) is 13.0 Å². The smallest absolute Gasteiger partial charge is 0.367 e. The molecule has 1 aromatic heterocycles. The van der Waals surface area contributed by atoms with Crippen LogP contribution >= 0.6 is 0 Å². The van der Waals surface area contributed by atoms with Crippen molar-refractivity contribution < 1.29 is 22.4 Å². The molecular formula is C23H21F4N3O. The summed E-state index contributed by atoms with van der Waals surface area (Å²) in [5, 5.41) is 0.362. The van der Waals surface area contributed by atoms with Gasteiger partial charge in [0.1, 0.15) is 17.8 Å². The molecule has 0 aliphatic carbocycles. The molecule has 1 aliphatic heterocycles. The summed E-state index contributed by atoms with van der Waals surface area (Å²) in [7, 11) is 0. The van der Waals surface area contributed by atoms with Gasteiger partial charge in [-0.3, -0.25) is 4.79 Å². The number of alkyl halides is 3. The van der Waals surface area contributed by atoms with Gasteiger partial charge in [-0.05, 0) is 54.1 Å². The van der Waals surface area contributed by atoms with Crippen LogP contribution in [-0.2, 0) is 6.18 Å². The standard InChI is InChI=1S/C23H21F4N3O/c1-2-29-7-9-30(10-8-29)21-6-4-16(12-19(21)24)17-13-22(23(25,26)27)28-20-5-3-15(14-31)11-18(17)20/h3-6,11-14H,2,7-10H2,1H3. The molecule has 0 unspecified atom stereocenters. The summed E-state index contributed by atoms with van der Waals surface area (Å²) in [6.45, 7) is 6.04. The Balaban J connectivity index is 1.78. The van der Waals surface area contributed by atoms with Crippen LogP contribution in [0.5, 0.6) is 0 Å². The zero-order valence-electron chi connectivity index (χ0n) is 16.9.